The second kappa shape index (κ2) is 6.84. The lowest BCUT2D eigenvalue weighted by atomic mass is 10.0. The molecular formula is C15H18N4O3. The highest BCUT2D eigenvalue weighted by Gasteiger charge is 2.21. The van der Waals surface area contributed by atoms with Gasteiger partial charge in [-0.25, -0.2) is 14.5 Å². The minimum absolute atomic E-state index is 0.169. The molecule has 1 amide bonds. The summed E-state index contributed by atoms with van der Waals surface area (Å²) in [5.41, 5.74) is 1.06. The second-order valence-corrected chi connectivity index (χ2v) is 5.38. The van der Waals surface area contributed by atoms with Crippen molar-refractivity contribution in [3.8, 4) is 5.69 Å². The van der Waals surface area contributed by atoms with E-state index < -0.39 is 17.9 Å². The van der Waals surface area contributed by atoms with Crippen molar-refractivity contribution >= 4 is 11.9 Å². The van der Waals surface area contributed by atoms with E-state index in [2.05, 4.69) is 15.4 Å². The Labute approximate surface area is 128 Å². The third-order valence-electron chi connectivity index (χ3n) is 3.10. The van der Waals surface area contributed by atoms with E-state index >= 15 is 0 Å². The predicted octanol–water partition coefficient (Wildman–Crippen LogP) is 1.50. The van der Waals surface area contributed by atoms with Crippen LogP contribution in [0.1, 0.15) is 30.6 Å². The maximum Gasteiger partial charge on any atom is 0.326 e. The van der Waals surface area contributed by atoms with Gasteiger partial charge in [0.15, 0.2) is 0 Å². The number of nitrogens with one attached hydrogen (secondary N) is 1. The standard InChI is InChI=1S/C15H18N4O3/c1-10(2)6-13(15(21)22)18-14(20)11-4-3-5-12(7-11)19-9-16-8-17-19/h3-5,7-10,13H,6H2,1-2H3,(H,18,20)(H,21,22)/t13-/m1/s1. The molecule has 2 rings (SSSR count). The molecule has 0 aliphatic heterocycles. The van der Waals surface area contributed by atoms with E-state index in [4.69, 9.17) is 0 Å². The van der Waals surface area contributed by atoms with Gasteiger partial charge in [-0.1, -0.05) is 19.9 Å². The first-order chi connectivity index (χ1) is 10.5. The quantitative estimate of drug-likeness (QED) is 0.842. The Kier molecular flexibility index (Phi) is 4.88. The Morgan fingerprint density at radius 3 is 2.73 bits per heavy atom. The number of carboxylic acids is 1. The Morgan fingerprint density at radius 2 is 2.14 bits per heavy atom. The van der Waals surface area contributed by atoms with E-state index in [0.717, 1.165) is 0 Å². The van der Waals surface area contributed by atoms with Crippen LogP contribution >= 0.6 is 0 Å². The molecule has 116 valence electrons. The van der Waals surface area contributed by atoms with Gasteiger partial charge in [0.1, 0.15) is 18.7 Å². The highest BCUT2D eigenvalue weighted by molar-refractivity contribution is 5.97. The first-order valence-electron chi connectivity index (χ1n) is 6.96. The molecule has 7 heteroatoms. The summed E-state index contributed by atoms with van der Waals surface area (Å²) in [6.07, 6.45) is 3.30. The van der Waals surface area contributed by atoms with E-state index in [1.165, 1.54) is 17.3 Å². The van der Waals surface area contributed by atoms with Crippen molar-refractivity contribution in [3.63, 3.8) is 0 Å². The number of nitrogens with zero attached hydrogens (tertiary/aromatic N) is 3. The Morgan fingerprint density at radius 1 is 1.36 bits per heavy atom. The molecule has 22 heavy (non-hydrogen) atoms. The highest BCUT2D eigenvalue weighted by atomic mass is 16.4. The summed E-state index contributed by atoms with van der Waals surface area (Å²) in [6, 6.07) is 5.86. The number of carboxylic acid groups (broad SMARTS) is 1. The van der Waals surface area contributed by atoms with Gasteiger partial charge in [0.25, 0.3) is 5.91 Å². The van der Waals surface area contributed by atoms with Crippen LogP contribution in [0.2, 0.25) is 0 Å². The van der Waals surface area contributed by atoms with Crippen molar-refractivity contribution in [2.45, 2.75) is 26.3 Å². The molecule has 1 atom stereocenters. The first-order valence-corrected chi connectivity index (χ1v) is 6.96. The fraction of sp³-hybridized carbons (Fsp3) is 0.333. The fourth-order valence-corrected chi connectivity index (χ4v) is 2.07. The summed E-state index contributed by atoms with van der Waals surface area (Å²) in [5, 5.41) is 15.7. The Hall–Kier alpha value is -2.70. The SMILES string of the molecule is CC(C)C[C@@H](NC(=O)c1cccc(-n2cncn2)c1)C(=O)O. The summed E-state index contributed by atoms with van der Waals surface area (Å²) in [6.45, 7) is 3.82. The average molecular weight is 302 g/mol. The molecule has 0 aliphatic carbocycles. The van der Waals surface area contributed by atoms with Gasteiger partial charge in [-0.15, -0.1) is 0 Å². The van der Waals surface area contributed by atoms with Gasteiger partial charge >= 0.3 is 5.97 Å². The topological polar surface area (TPSA) is 97.1 Å². The molecule has 7 nitrogen and oxygen atoms in total. The Bertz CT molecular complexity index is 653. The smallest absolute Gasteiger partial charge is 0.326 e. The van der Waals surface area contributed by atoms with Gasteiger partial charge in [0.2, 0.25) is 0 Å². The molecule has 2 N–H and O–H groups in total. The van der Waals surface area contributed by atoms with E-state index in [-0.39, 0.29) is 5.92 Å². The molecule has 2 aromatic rings. The summed E-state index contributed by atoms with van der Waals surface area (Å²) in [4.78, 5) is 27.3. The molecule has 1 aromatic carbocycles. The zero-order valence-corrected chi connectivity index (χ0v) is 12.4. The van der Waals surface area contributed by atoms with E-state index in [9.17, 15) is 14.7 Å². The monoisotopic (exact) mass is 302 g/mol. The fourth-order valence-electron chi connectivity index (χ4n) is 2.07. The third-order valence-corrected chi connectivity index (χ3v) is 3.10. The molecular weight excluding hydrogens is 284 g/mol. The third kappa shape index (κ3) is 3.91. The van der Waals surface area contributed by atoms with Gasteiger partial charge in [-0.3, -0.25) is 4.79 Å². The van der Waals surface area contributed by atoms with Crippen LogP contribution in [0.25, 0.3) is 5.69 Å². The van der Waals surface area contributed by atoms with E-state index in [1.807, 2.05) is 13.8 Å². The molecule has 0 saturated carbocycles. The lowest BCUT2D eigenvalue weighted by Gasteiger charge is -2.16. The molecule has 0 bridgehead atoms. The minimum atomic E-state index is -1.03. The van der Waals surface area contributed by atoms with Crippen LogP contribution in [0.15, 0.2) is 36.9 Å². The van der Waals surface area contributed by atoms with Crippen molar-refractivity contribution in [1.29, 1.82) is 0 Å². The molecule has 0 saturated heterocycles. The average Bonchev–Trinajstić information content (AvgIpc) is 3.00. The van der Waals surface area contributed by atoms with Gasteiger partial charge in [-0.2, -0.15) is 5.10 Å². The van der Waals surface area contributed by atoms with E-state index in [1.54, 1.807) is 24.3 Å². The molecule has 0 spiro atoms. The summed E-state index contributed by atoms with van der Waals surface area (Å²) < 4.78 is 1.53. The lowest BCUT2D eigenvalue weighted by Crippen LogP contribution is -2.41. The zero-order valence-electron chi connectivity index (χ0n) is 12.4. The number of amides is 1. The van der Waals surface area contributed by atoms with Crippen molar-refractivity contribution in [1.82, 2.24) is 20.1 Å². The highest BCUT2D eigenvalue weighted by Crippen LogP contribution is 2.11. The molecule has 0 unspecified atom stereocenters. The van der Waals surface area contributed by atoms with Crippen LogP contribution in [0.4, 0.5) is 0 Å². The number of benzene rings is 1. The van der Waals surface area contributed by atoms with Gasteiger partial charge in [0, 0.05) is 5.56 Å². The van der Waals surface area contributed by atoms with Crippen LogP contribution in [0.3, 0.4) is 0 Å². The van der Waals surface area contributed by atoms with Crippen LogP contribution in [-0.4, -0.2) is 37.8 Å². The zero-order chi connectivity index (χ0) is 16.1. The number of hydrogen-bond acceptors (Lipinski definition) is 4. The van der Waals surface area contributed by atoms with Crippen LogP contribution in [0.5, 0.6) is 0 Å². The number of carbonyl (C=O) groups excluding carboxylic acids is 1. The van der Waals surface area contributed by atoms with Crippen LogP contribution < -0.4 is 5.32 Å². The van der Waals surface area contributed by atoms with Gasteiger partial charge < -0.3 is 10.4 Å². The number of hydrogen-bond donors (Lipinski definition) is 2. The number of aromatic nitrogens is 3. The summed E-state index contributed by atoms with van der Waals surface area (Å²) in [5.74, 6) is -1.28. The second-order valence-electron chi connectivity index (χ2n) is 5.38. The minimum Gasteiger partial charge on any atom is -0.480 e. The van der Waals surface area contributed by atoms with Crippen molar-refractivity contribution in [2.24, 2.45) is 5.92 Å². The predicted molar refractivity (Wildman–Crippen MR) is 79.7 cm³/mol. The van der Waals surface area contributed by atoms with Gasteiger partial charge in [0.05, 0.1) is 5.69 Å². The number of carbonyl (C=O) groups is 2. The summed E-state index contributed by atoms with van der Waals surface area (Å²) >= 11 is 0. The molecule has 0 aliphatic rings. The molecule has 1 aromatic heterocycles. The molecule has 0 radical (unpaired) electrons. The summed E-state index contributed by atoms with van der Waals surface area (Å²) in [7, 11) is 0. The Balaban J connectivity index is 2.15. The first kappa shape index (κ1) is 15.7. The van der Waals surface area contributed by atoms with Crippen molar-refractivity contribution in [2.75, 3.05) is 0 Å². The maximum atomic E-state index is 12.2. The number of rotatable bonds is 6. The lowest BCUT2D eigenvalue weighted by molar-refractivity contribution is -0.139. The van der Waals surface area contributed by atoms with Crippen LogP contribution in [0, 0.1) is 5.92 Å². The molecule has 1 heterocycles. The largest absolute Gasteiger partial charge is 0.480 e. The van der Waals surface area contributed by atoms with Crippen molar-refractivity contribution in [3.05, 3.63) is 42.5 Å². The van der Waals surface area contributed by atoms with E-state index in [0.29, 0.717) is 17.7 Å². The molecule has 0 fully saturated rings. The normalized spacial score (nSPS) is 12.1. The number of aliphatic carboxylic acids is 1. The van der Waals surface area contributed by atoms with Crippen LogP contribution in [-0.2, 0) is 4.79 Å². The maximum absolute atomic E-state index is 12.2. The van der Waals surface area contributed by atoms with Gasteiger partial charge in [-0.05, 0) is 30.5 Å². The van der Waals surface area contributed by atoms with Crippen molar-refractivity contribution < 1.29 is 14.7 Å².